The van der Waals surface area contributed by atoms with E-state index in [1.807, 2.05) is 29.3 Å². The van der Waals surface area contributed by atoms with Crippen LogP contribution in [0.1, 0.15) is 28.7 Å². The zero-order valence-electron chi connectivity index (χ0n) is 16.1. The van der Waals surface area contributed by atoms with Crippen LogP contribution < -0.4 is 4.90 Å². The van der Waals surface area contributed by atoms with Crippen molar-refractivity contribution in [1.82, 2.24) is 10.0 Å². The van der Waals surface area contributed by atoms with Crippen molar-refractivity contribution in [2.45, 2.75) is 32.4 Å². The van der Waals surface area contributed by atoms with Crippen molar-refractivity contribution in [2.75, 3.05) is 25.0 Å². The molecule has 0 aromatic heterocycles. The molecule has 2 aromatic carbocycles. The lowest BCUT2D eigenvalue weighted by atomic mass is 10.1. The number of aliphatic carboxylic acids is 1. The van der Waals surface area contributed by atoms with E-state index in [1.165, 1.54) is 22.3 Å². The van der Waals surface area contributed by atoms with Crippen LogP contribution in [0.2, 0.25) is 0 Å². The molecule has 2 aliphatic rings. The first-order chi connectivity index (χ1) is 13.5. The maximum Gasteiger partial charge on any atom is 0.323 e. The van der Waals surface area contributed by atoms with Crippen molar-refractivity contribution < 1.29 is 14.7 Å². The van der Waals surface area contributed by atoms with Gasteiger partial charge in [-0.1, -0.05) is 36.4 Å². The van der Waals surface area contributed by atoms with E-state index in [0.29, 0.717) is 13.1 Å². The van der Waals surface area contributed by atoms with E-state index in [9.17, 15) is 14.7 Å². The van der Waals surface area contributed by atoms with Gasteiger partial charge in [0.1, 0.15) is 6.54 Å². The summed E-state index contributed by atoms with van der Waals surface area (Å²) in [4.78, 5) is 26.2. The Kier molecular flexibility index (Phi) is 5.05. The molecule has 1 aliphatic carbocycles. The Morgan fingerprint density at radius 1 is 0.964 bits per heavy atom. The number of likely N-dealkylation sites (N-methyl/N-ethyl adjacent to an activating group) is 1. The Labute approximate surface area is 164 Å². The Morgan fingerprint density at radius 2 is 1.64 bits per heavy atom. The standard InChI is InChI=1S/C22H25N3O3/c1-23(25-12-17-6-2-3-7-18(17)13-25)21(26)14-24(15-22(27)28)20-11-5-9-16-8-4-10-19(16)20/h2-3,5-7,9,11H,4,8,10,12-15H2,1H3,(H,27,28). The number of fused-ring (bicyclic) bond motifs is 2. The molecule has 0 fully saturated rings. The number of carboxylic acid groups (broad SMARTS) is 1. The van der Waals surface area contributed by atoms with Crippen LogP contribution in [0.25, 0.3) is 0 Å². The number of nitrogens with zero attached hydrogens (tertiary/aromatic N) is 3. The predicted octanol–water partition coefficient (Wildman–Crippen LogP) is 2.46. The van der Waals surface area contributed by atoms with Crippen LogP contribution in [-0.4, -0.2) is 47.1 Å². The van der Waals surface area contributed by atoms with Crippen LogP contribution in [-0.2, 0) is 35.5 Å². The second-order valence-electron chi connectivity index (χ2n) is 7.53. The first-order valence-corrected chi connectivity index (χ1v) is 9.68. The van der Waals surface area contributed by atoms with Crippen molar-refractivity contribution in [2.24, 2.45) is 0 Å². The summed E-state index contributed by atoms with van der Waals surface area (Å²) in [6.07, 6.45) is 3.03. The number of rotatable bonds is 6. The molecule has 0 unspecified atom stereocenters. The Hall–Kier alpha value is -2.86. The van der Waals surface area contributed by atoms with Crippen LogP contribution in [0.4, 0.5) is 5.69 Å². The summed E-state index contributed by atoms with van der Waals surface area (Å²) in [6, 6.07) is 14.2. The van der Waals surface area contributed by atoms with Crippen LogP contribution in [0.3, 0.4) is 0 Å². The number of hydrogen-bond donors (Lipinski definition) is 1. The summed E-state index contributed by atoms with van der Waals surface area (Å²) in [7, 11) is 1.77. The molecule has 0 radical (unpaired) electrons. The van der Waals surface area contributed by atoms with Gasteiger partial charge < -0.3 is 10.0 Å². The third-order valence-corrected chi connectivity index (χ3v) is 5.72. The summed E-state index contributed by atoms with van der Waals surface area (Å²) in [5, 5.41) is 13.0. The van der Waals surface area contributed by atoms with Crippen molar-refractivity contribution in [3.8, 4) is 0 Å². The number of carbonyl (C=O) groups is 2. The largest absolute Gasteiger partial charge is 0.480 e. The molecular weight excluding hydrogens is 354 g/mol. The highest BCUT2D eigenvalue weighted by Gasteiger charge is 2.27. The minimum atomic E-state index is -0.931. The van der Waals surface area contributed by atoms with E-state index < -0.39 is 5.97 Å². The van der Waals surface area contributed by atoms with Crippen molar-refractivity contribution in [3.05, 3.63) is 64.7 Å². The van der Waals surface area contributed by atoms with Gasteiger partial charge in [0.25, 0.3) is 5.91 Å². The first-order valence-electron chi connectivity index (χ1n) is 9.68. The monoisotopic (exact) mass is 379 g/mol. The fourth-order valence-corrected chi connectivity index (χ4v) is 4.24. The normalized spacial score (nSPS) is 15.2. The number of amides is 1. The Morgan fingerprint density at radius 3 is 2.32 bits per heavy atom. The van der Waals surface area contributed by atoms with Gasteiger partial charge in [0, 0.05) is 25.8 Å². The molecule has 1 amide bonds. The highest BCUT2D eigenvalue weighted by atomic mass is 16.4. The first kappa shape index (κ1) is 18.5. The van der Waals surface area contributed by atoms with Gasteiger partial charge in [-0.2, -0.15) is 0 Å². The summed E-state index contributed by atoms with van der Waals surface area (Å²) < 4.78 is 0. The van der Waals surface area contributed by atoms with E-state index in [-0.39, 0.29) is 19.0 Å². The summed E-state index contributed by atoms with van der Waals surface area (Å²) in [5.41, 5.74) is 5.79. The zero-order valence-corrected chi connectivity index (χ0v) is 16.1. The molecule has 0 saturated heterocycles. The van der Waals surface area contributed by atoms with E-state index in [4.69, 9.17) is 0 Å². The van der Waals surface area contributed by atoms with Gasteiger partial charge in [0.15, 0.2) is 0 Å². The maximum absolute atomic E-state index is 13.0. The molecule has 0 spiro atoms. The lowest BCUT2D eigenvalue weighted by Crippen LogP contribution is -2.47. The molecule has 6 heteroatoms. The quantitative estimate of drug-likeness (QED) is 0.835. The number of carboxylic acids is 1. The Balaban J connectivity index is 1.51. The average Bonchev–Trinajstić information content (AvgIpc) is 3.32. The highest BCUT2D eigenvalue weighted by Crippen LogP contribution is 2.31. The number of benzene rings is 2. The molecule has 146 valence electrons. The van der Waals surface area contributed by atoms with Crippen LogP contribution in [0.15, 0.2) is 42.5 Å². The van der Waals surface area contributed by atoms with Gasteiger partial charge in [-0.15, -0.1) is 0 Å². The molecule has 6 nitrogen and oxygen atoms in total. The molecule has 4 rings (SSSR count). The van der Waals surface area contributed by atoms with Gasteiger partial charge in [-0.3, -0.25) is 14.6 Å². The lowest BCUT2D eigenvalue weighted by molar-refractivity contribution is -0.145. The van der Waals surface area contributed by atoms with E-state index in [1.54, 1.807) is 17.0 Å². The summed E-state index contributed by atoms with van der Waals surface area (Å²) in [5.74, 6) is -1.04. The average molecular weight is 379 g/mol. The molecule has 28 heavy (non-hydrogen) atoms. The molecule has 1 N–H and O–H groups in total. The van der Waals surface area contributed by atoms with Gasteiger partial charge in [-0.05, 0) is 47.6 Å². The Bertz CT molecular complexity index is 887. The molecule has 0 atom stereocenters. The molecule has 1 aliphatic heterocycles. The third kappa shape index (κ3) is 3.60. The second kappa shape index (κ2) is 7.64. The fourth-order valence-electron chi connectivity index (χ4n) is 4.24. The summed E-state index contributed by atoms with van der Waals surface area (Å²) in [6.45, 7) is 1.25. The van der Waals surface area contributed by atoms with Crippen LogP contribution in [0.5, 0.6) is 0 Å². The zero-order chi connectivity index (χ0) is 19.7. The van der Waals surface area contributed by atoms with Gasteiger partial charge in [-0.25, -0.2) is 5.01 Å². The minimum absolute atomic E-state index is 0.0477. The topological polar surface area (TPSA) is 64.1 Å². The molecule has 0 bridgehead atoms. The van der Waals surface area contributed by atoms with Crippen LogP contribution in [0, 0.1) is 0 Å². The van der Waals surface area contributed by atoms with Crippen LogP contribution >= 0.6 is 0 Å². The van der Waals surface area contributed by atoms with Gasteiger partial charge >= 0.3 is 5.97 Å². The molecule has 0 saturated carbocycles. The number of hydrazine groups is 1. The second-order valence-corrected chi connectivity index (χ2v) is 7.53. The lowest BCUT2D eigenvalue weighted by Gasteiger charge is -2.31. The fraction of sp³-hybridized carbons (Fsp3) is 0.364. The maximum atomic E-state index is 13.0. The van der Waals surface area contributed by atoms with Crippen molar-refractivity contribution in [1.29, 1.82) is 0 Å². The van der Waals surface area contributed by atoms with E-state index >= 15 is 0 Å². The smallest absolute Gasteiger partial charge is 0.323 e. The highest BCUT2D eigenvalue weighted by molar-refractivity contribution is 5.84. The minimum Gasteiger partial charge on any atom is -0.480 e. The van der Waals surface area contributed by atoms with Gasteiger partial charge in [0.05, 0.1) is 6.54 Å². The van der Waals surface area contributed by atoms with Gasteiger partial charge in [0.2, 0.25) is 0 Å². The van der Waals surface area contributed by atoms with E-state index in [2.05, 4.69) is 18.2 Å². The molecular formula is C22H25N3O3. The van der Waals surface area contributed by atoms with E-state index in [0.717, 1.165) is 24.9 Å². The summed E-state index contributed by atoms with van der Waals surface area (Å²) >= 11 is 0. The number of anilines is 1. The number of aryl methyl sites for hydroxylation is 1. The number of hydrogen-bond acceptors (Lipinski definition) is 4. The third-order valence-electron chi connectivity index (χ3n) is 5.72. The molecule has 2 aromatic rings. The SMILES string of the molecule is CN(C(=O)CN(CC(=O)O)c1cccc2c1CCC2)N1Cc2ccccc2C1. The number of carbonyl (C=O) groups excluding carboxylic acids is 1. The van der Waals surface area contributed by atoms with Crippen molar-refractivity contribution in [3.63, 3.8) is 0 Å². The predicted molar refractivity (Wildman–Crippen MR) is 107 cm³/mol. The van der Waals surface area contributed by atoms with Crippen molar-refractivity contribution >= 4 is 17.6 Å². The molecule has 1 heterocycles.